The van der Waals surface area contributed by atoms with Crippen molar-refractivity contribution < 1.29 is 51.2 Å². The molecule has 3 aliphatic rings. The number of benzene rings is 1. The molecule has 3 amide bonds. The van der Waals surface area contributed by atoms with Gasteiger partial charge in [-0.3, -0.25) is 0 Å². The molecule has 1 atom stereocenters. The van der Waals surface area contributed by atoms with E-state index in [0.29, 0.717) is 20.4 Å². The molecule has 0 unspecified atom stereocenters. The third-order valence-corrected chi connectivity index (χ3v) is 5.72. The van der Waals surface area contributed by atoms with Crippen molar-refractivity contribution in [2.24, 2.45) is 5.11 Å². The van der Waals surface area contributed by atoms with Gasteiger partial charge in [-0.1, -0.05) is 32.4 Å². The lowest BCUT2D eigenvalue weighted by Gasteiger charge is -2.28. The van der Waals surface area contributed by atoms with Crippen LogP contribution in [0.1, 0.15) is 12.8 Å². The average Bonchev–Trinajstić information content (AvgIpc) is 3.17. The number of methoxy groups -OCH3 is 2. The van der Waals surface area contributed by atoms with Gasteiger partial charge in [0.15, 0.2) is 0 Å². The number of nitrogens with zero attached hydrogens (tertiary/aromatic N) is 3. The van der Waals surface area contributed by atoms with Crippen LogP contribution in [0.15, 0.2) is 46.9 Å². The van der Waals surface area contributed by atoms with E-state index < -0.39 is 36.8 Å². The number of urea groups is 1. The van der Waals surface area contributed by atoms with Crippen molar-refractivity contribution in [3.8, 4) is 0 Å². The SMILES string of the molecule is COC(=O)N(C(=O)[N+]1=NC2=c3ccc(Cl)cc3=C[C@@]2(C(=O)OC)OC1)C1=CCC(OC(F)(F)F)=CC1. The minimum absolute atomic E-state index is 0.0313. The Morgan fingerprint density at radius 3 is 2.53 bits per heavy atom. The van der Waals surface area contributed by atoms with Gasteiger partial charge in [-0.2, -0.15) is 9.59 Å². The van der Waals surface area contributed by atoms with E-state index in [9.17, 15) is 27.6 Å². The van der Waals surface area contributed by atoms with Gasteiger partial charge in [-0.15, -0.1) is 13.2 Å². The Bertz CT molecular complexity index is 1370. The predicted molar refractivity (Wildman–Crippen MR) is 114 cm³/mol. The third kappa shape index (κ3) is 4.58. The molecule has 36 heavy (non-hydrogen) atoms. The first-order chi connectivity index (χ1) is 17.0. The lowest BCUT2D eigenvalue weighted by molar-refractivity contribution is -0.554. The maximum Gasteiger partial charge on any atom is 0.572 e. The molecule has 1 aromatic rings. The Balaban J connectivity index is 1.71. The van der Waals surface area contributed by atoms with Gasteiger partial charge in [0.2, 0.25) is 12.3 Å². The summed E-state index contributed by atoms with van der Waals surface area (Å²) in [5, 5.41) is 5.64. The average molecular weight is 529 g/mol. The van der Waals surface area contributed by atoms with Crippen LogP contribution in [0.25, 0.3) is 11.8 Å². The summed E-state index contributed by atoms with van der Waals surface area (Å²) in [6.45, 7) is -0.561. The number of fused-ring (bicyclic) bond motifs is 2. The summed E-state index contributed by atoms with van der Waals surface area (Å²) < 4.78 is 57.5. The number of hydrogen-bond donors (Lipinski definition) is 0. The minimum atomic E-state index is -4.87. The number of azo groups is 2. The molecule has 0 fully saturated rings. The molecule has 0 aromatic heterocycles. The highest BCUT2D eigenvalue weighted by Crippen LogP contribution is 2.34. The Kier molecular flexibility index (Phi) is 6.62. The normalized spacial score (nSPS) is 20.6. The number of alkyl halides is 3. The van der Waals surface area contributed by atoms with Crippen LogP contribution < -0.4 is 10.4 Å². The van der Waals surface area contributed by atoms with E-state index >= 15 is 0 Å². The van der Waals surface area contributed by atoms with Gasteiger partial charge < -0.3 is 18.9 Å². The number of carbonyl (C=O) groups excluding carboxylic acids is 3. The first-order valence-corrected chi connectivity index (χ1v) is 10.7. The Labute approximate surface area is 206 Å². The second kappa shape index (κ2) is 9.39. The van der Waals surface area contributed by atoms with Crippen LogP contribution in [0.5, 0.6) is 0 Å². The Morgan fingerprint density at radius 1 is 1.17 bits per heavy atom. The summed E-state index contributed by atoms with van der Waals surface area (Å²) in [6, 6.07) is 3.71. The molecular formula is C22H18ClF3N3O7+. The minimum Gasteiger partial charge on any atom is -0.466 e. The number of halogens is 4. The van der Waals surface area contributed by atoms with Gasteiger partial charge >= 0.3 is 24.5 Å². The summed E-state index contributed by atoms with van der Waals surface area (Å²) in [6.07, 6.45) is -2.74. The molecule has 14 heteroatoms. The number of amides is 3. The van der Waals surface area contributed by atoms with Gasteiger partial charge in [-0.25, -0.2) is 4.79 Å². The molecule has 4 rings (SSSR count). The molecule has 1 heterocycles. The third-order valence-electron chi connectivity index (χ3n) is 5.48. The zero-order chi connectivity index (χ0) is 26.3. The van der Waals surface area contributed by atoms with E-state index in [1.54, 1.807) is 18.2 Å². The number of allylic oxidation sites excluding steroid dienone is 2. The van der Waals surface area contributed by atoms with Crippen molar-refractivity contribution in [1.29, 1.82) is 0 Å². The quantitative estimate of drug-likeness (QED) is 0.438. The van der Waals surface area contributed by atoms with E-state index in [0.717, 1.165) is 25.0 Å². The monoisotopic (exact) mass is 528 g/mol. The zero-order valence-corrected chi connectivity index (χ0v) is 19.6. The highest BCUT2D eigenvalue weighted by atomic mass is 35.5. The molecule has 0 radical (unpaired) electrons. The maximum atomic E-state index is 13.4. The largest absolute Gasteiger partial charge is 0.572 e. The number of carbonyl (C=O) groups is 3. The van der Waals surface area contributed by atoms with Gasteiger partial charge in [0.1, 0.15) is 17.2 Å². The standard InChI is InChI=1S/C22H18ClF3N3O7/c1-33-18(30)21-10-12-9-13(23)3-8-16(12)17(21)27-28(11-35-21)19(31)29(20(32)34-2)14-4-6-15(7-5-14)36-22(24,25)26/h3-4,7-10H,5-6,11H2,1-2H3/q+1/t21-/m1/s1. The molecule has 1 aliphatic heterocycles. The van der Waals surface area contributed by atoms with Gasteiger partial charge in [0.05, 0.1) is 14.2 Å². The van der Waals surface area contributed by atoms with Crippen molar-refractivity contribution in [2.45, 2.75) is 24.8 Å². The predicted octanol–water partition coefficient (Wildman–Crippen LogP) is 2.89. The van der Waals surface area contributed by atoms with Crippen LogP contribution >= 0.6 is 11.6 Å². The molecule has 0 spiro atoms. The Hall–Kier alpha value is -3.71. The second-order valence-corrected chi connectivity index (χ2v) is 8.07. The highest BCUT2D eigenvalue weighted by molar-refractivity contribution is 6.30. The van der Waals surface area contributed by atoms with Crippen LogP contribution in [0.4, 0.5) is 22.8 Å². The number of rotatable bonds is 3. The molecule has 10 nitrogen and oxygen atoms in total. The lowest BCUT2D eigenvalue weighted by atomic mass is 10.0. The molecular weight excluding hydrogens is 511 g/mol. The first-order valence-electron chi connectivity index (χ1n) is 10.3. The van der Waals surface area contributed by atoms with E-state index in [1.807, 2.05) is 0 Å². The van der Waals surface area contributed by atoms with E-state index in [2.05, 4.69) is 9.85 Å². The van der Waals surface area contributed by atoms with Crippen molar-refractivity contribution in [1.82, 2.24) is 4.90 Å². The molecule has 0 saturated carbocycles. The molecule has 2 aliphatic carbocycles. The van der Waals surface area contributed by atoms with Crippen LogP contribution in [0.2, 0.25) is 5.02 Å². The lowest BCUT2D eigenvalue weighted by Crippen LogP contribution is -2.49. The van der Waals surface area contributed by atoms with Crippen molar-refractivity contribution >= 4 is 41.5 Å². The summed E-state index contributed by atoms with van der Waals surface area (Å²) in [7, 11) is 2.20. The Morgan fingerprint density at radius 2 is 1.92 bits per heavy atom. The van der Waals surface area contributed by atoms with Crippen LogP contribution in [-0.4, -0.2) is 60.6 Å². The maximum absolute atomic E-state index is 13.4. The topological polar surface area (TPSA) is 107 Å². The fourth-order valence-corrected chi connectivity index (χ4v) is 4.09. The number of imide groups is 1. The second-order valence-electron chi connectivity index (χ2n) is 7.63. The molecule has 0 N–H and O–H groups in total. The molecule has 190 valence electrons. The van der Waals surface area contributed by atoms with Crippen LogP contribution in [0.3, 0.4) is 0 Å². The van der Waals surface area contributed by atoms with Crippen LogP contribution in [0, 0.1) is 0 Å². The summed E-state index contributed by atoms with van der Waals surface area (Å²) in [5.41, 5.74) is -1.67. The first kappa shape index (κ1) is 25.4. The molecule has 1 aromatic carbocycles. The van der Waals surface area contributed by atoms with E-state index in [-0.39, 0.29) is 30.0 Å². The number of ether oxygens (including phenoxy) is 4. The van der Waals surface area contributed by atoms with Crippen LogP contribution in [-0.2, 0) is 23.7 Å². The van der Waals surface area contributed by atoms with Gasteiger partial charge in [-0.05, 0) is 35.6 Å². The molecule has 0 saturated heterocycles. The smallest absolute Gasteiger partial charge is 0.466 e. The van der Waals surface area contributed by atoms with E-state index in [4.69, 9.17) is 25.8 Å². The van der Waals surface area contributed by atoms with Crippen molar-refractivity contribution in [2.75, 3.05) is 21.0 Å². The highest BCUT2D eigenvalue weighted by Gasteiger charge is 2.52. The zero-order valence-electron chi connectivity index (χ0n) is 18.8. The number of esters is 1. The fraction of sp³-hybridized carbons (Fsp3) is 0.318. The number of hydrogen-bond acceptors (Lipinski definition) is 8. The molecule has 0 bridgehead atoms. The van der Waals surface area contributed by atoms with Gasteiger partial charge in [0.25, 0.3) is 0 Å². The van der Waals surface area contributed by atoms with Gasteiger partial charge in [0, 0.05) is 23.1 Å². The van der Waals surface area contributed by atoms with Crippen molar-refractivity contribution in [3.05, 3.63) is 57.3 Å². The fourth-order valence-electron chi connectivity index (χ4n) is 3.91. The summed E-state index contributed by atoms with van der Waals surface area (Å²) in [5.74, 6) is -1.17. The summed E-state index contributed by atoms with van der Waals surface area (Å²) >= 11 is 6.06. The van der Waals surface area contributed by atoms with Crippen molar-refractivity contribution in [3.63, 3.8) is 0 Å². The van der Waals surface area contributed by atoms with E-state index in [1.165, 1.54) is 12.2 Å². The summed E-state index contributed by atoms with van der Waals surface area (Å²) in [4.78, 5) is 39.1.